The van der Waals surface area contributed by atoms with E-state index in [-0.39, 0.29) is 0 Å². The predicted octanol–water partition coefficient (Wildman–Crippen LogP) is 2.65. The van der Waals surface area contributed by atoms with Crippen LogP contribution in [0.2, 0.25) is 0 Å². The molecule has 1 aromatic carbocycles. The molecule has 0 bridgehead atoms. The highest BCUT2D eigenvalue weighted by Crippen LogP contribution is 2.26. The van der Waals surface area contributed by atoms with Gasteiger partial charge in [-0.15, -0.1) is 0 Å². The molecule has 2 unspecified atom stereocenters. The third-order valence-corrected chi connectivity index (χ3v) is 3.66. The summed E-state index contributed by atoms with van der Waals surface area (Å²) < 4.78 is 5.47. The van der Waals surface area contributed by atoms with E-state index in [0.717, 1.165) is 31.2 Å². The van der Waals surface area contributed by atoms with Gasteiger partial charge in [-0.25, -0.2) is 0 Å². The minimum Gasteiger partial charge on any atom is -0.494 e. The highest BCUT2D eigenvalue weighted by Gasteiger charge is 2.23. The fourth-order valence-electron chi connectivity index (χ4n) is 2.67. The number of hydrogen-bond donors (Lipinski definition) is 1. The molecule has 1 aliphatic rings. The molecule has 0 aliphatic carbocycles. The first-order chi connectivity index (χ1) is 8.72. The average Bonchev–Trinajstić information content (AvgIpc) is 2.39. The van der Waals surface area contributed by atoms with Gasteiger partial charge >= 0.3 is 0 Å². The van der Waals surface area contributed by atoms with Crippen LogP contribution in [-0.2, 0) is 0 Å². The topological polar surface area (TPSA) is 38.5 Å². The highest BCUT2D eigenvalue weighted by atomic mass is 16.5. The number of nitrogens with two attached hydrogens (primary N) is 1. The Hall–Kier alpha value is -1.22. The molecule has 1 heterocycles. The van der Waals surface area contributed by atoms with Gasteiger partial charge in [0.15, 0.2) is 0 Å². The van der Waals surface area contributed by atoms with Gasteiger partial charge in [-0.05, 0) is 43.5 Å². The van der Waals surface area contributed by atoms with Crippen molar-refractivity contribution in [3.8, 4) is 5.75 Å². The van der Waals surface area contributed by atoms with Crippen LogP contribution in [0.15, 0.2) is 24.3 Å². The monoisotopic (exact) mass is 248 g/mol. The summed E-state index contributed by atoms with van der Waals surface area (Å²) in [6, 6.07) is 8.65. The molecule has 0 aromatic heterocycles. The maximum atomic E-state index is 6.14. The van der Waals surface area contributed by atoms with Crippen LogP contribution in [0.4, 0.5) is 5.69 Å². The lowest BCUT2D eigenvalue weighted by molar-refractivity contribution is 0.340. The summed E-state index contributed by atoms with van der Waals surface area (Å²) in [5.74, 6) is 1.66. The fourth-order valence-corrected chi connectivity index (χ4v) is 2.67. The van der Waals surface area contributed by atoms with Gasteiger partial charge in [-0.2, -0.15) is 0 Å². The first-order valence-corrected chi connectivity index (χ1v) is 6.96. The number of anilines is 1. The second kappa shape index (κ2) is 6.10. The first-order valence-electron chi connectivity index (χ1n) is 6.96. The molecule has 0 amide bonds. The third-order valence-electron chi connectivity index (χ3n) is 3.66. The molecule has 3 nitrogen and oxygen atoms in total. The maximum Gasteiger partial charge on any atom is 0.119 e. The molecule has 1 saturated heterocycles. The Morgan fingerprint density at radius 3 is 2.56 bits per heavy atom. The summed E-state index contributed by atoms with van der Waals surface area (Å²) >= 11 is 0. The molecular weight excluding hydrogens is 224 g/mol. The lowest BCUT2D eigenvalue weighted by atomic mass is 9.92. The first kappa shape index (κ1) is 13.2. The van der Waals surface area contributed by atoms with E-state index in [2.05, 4.69) is 24.0 Å². The van der Waals surface area contributed by atoms with Crippen molar-refractivity contribution in [2.45, 2.75) is 32.7 Å². The zero-order valence-electron chi connectivity index (χ0n) is 11.4. The summed E-state index contributed by atoms with van der Waals surface area (Å²) in [5.41, 5.74) is 7.40. The van der Waals surface area contributed by atoms with E-state index in [9.17, 15) is 0 Å². The zero-order chi connectivity index (χ0) is 13.0. The quantitative estimate of drug-likeness (QED) is 0.890. The van der Waals surface area contributed by atoms with Crippen LogP contribution in [0.3, 0.4) is 0 Å². The molecule has 0 radical (unpaired) electrons. The standard InChI is InChI=1S/C15H24N2O/c1-3-12-9-13(16)11-17(10-12)14-5-7-15(8-6-14)18-4-2/h5-8,12-13H,3-4,9-11,16H2,1-2H3. The largest absolute Gasteiger partial charge is 0.494 e. The molecule has 0 saturated carbocycles. The fraction of sp³-hybridized carbons (Fsp3) is 0.600. The van der Waals surface area contributed by atoms with Gasteiger partial charge in [-0.1, -0.05) is 13.3 Å². The molecule has 1 fully saturated rings. The van der Waals surface area contributed by atoms with E-state index in [1.54, 1.807) is 0 Å². The molecule has 3 heteroatoms. The Kier molecular flexibility index (Phi) is 4.48. The Morgan fingerprint density at radius 2 is 1.94 bits per heavy atom. The molecule has 100 valence electrons. The lowest BCUT2D eigenvalue weighted by Gasteiger charge is -2.37. The number of hydrogen-bond acceptors (Lipinski definition) is 3. The van der Waals surface area contributed by atoms with Gasteiger partial charge in [-0.3, -0.25) is 0 Å². The SMILES string of the molecule is CCOc1ccc(N2CC(N)CC(CC)C2)cc1. The van der Waals surface area contributed by atoms with Gasteiger partial charge in [0.2, 0.25) is 0 Å². The van der Waals surface area contributed by atoms with Crippen molar-refractivity contribution < 1.29 is 4.74 Å². The van der Waals surface area contributed by atoms with Gasteiger partial charge in [0, 0.05) is 24.8 Å². The van der Waals surface area contributed by atoms with E-state index in [1.807, 2.05) is 19.1 Å². The summed E-state index contributed by atoms with van der Waals surface area (Å²) in [6.07, 6.45) is 2.37. The highest BCUT2D eigenvalue weighted by molar-refractivity contribution is 5.49. The van der Waals surface area contributed by atoms with Crippen molar-refractivity contribution in [2.75, 3.05) is 24.6 Å². The van der Waals surface area contributed by atoms with Crippen molar-refractivity contribution >= 4 is 5.69 Å². The number of rotatable bonds is 4. The number of piperidine rings is 1. The average molecular weight is 248 g/mol. The van der Waals surface area contributed by atoms with Crippen molar-refractivity contribution in [1.29, 1.82) is 0 Å². The second-order valence-electron chi connectivity index (χ2n) is 5.10. The predicted molar refractivity (Wildman–Crippen MR) is 76.2 cm³/mol. The summed E-state index contributed by atoms with van der Waals surface area (Å²) in [7, 11) is 0. The number of ether oxygens (including phenoxy) is 1. The molecule has 2 atom stereocenters. The lowest BCUT2D eigenvalue weighted by Crippen LogP contribution is -2.47. The van der Waals surface area contributed by atoms with Crippen LogP contribution in [-0.4, -0.2) is 25.7 Å². The summed E-state index contributed by atoms with van der Waals surface area (Å²) in [5, 5.41) is 0. The number of nitrogens with zero attached hydrogens (tertiary/aromatic N) is 1. The minimum atomic E-state index is 0.301. The van der Waals surface area contributed by atoms with Crippen LogP contribution in [0, 0.1) is 5.92 Å². The van der Waals surface area contributed by atoms with E-state index >= 15 is 0 Å². The van der Waals surface area contributed by atoms with Crippen LogP contribution in [0.1, 0.15) is 26.7 Å². The molecule has 1 aliphatic heterocycles. The molecule has 18 heavy (non-hydrogen) atoms. The van der Waals surface area contributed by atoms with Crippen LogP contribution < -0.4 is 15.4 Å². The van der Waals surface area contributed by atoms with Gasteiger partial charge in [0.05, 0.1) is 6.61 Å². The van der Waals surface area contributed by atoms with E-state index in [1.165, 1.54) is 12.1 Å². The van der Waals surface area contributed by atoms with Crippen LogP contribution >= 0.6 is 0 Å². The van der Waals surface area contributed by atoms with Gasteiger partial charge in [0.25, 0.3) is 0 Å². The molecule has 2 N–H and O–H groups in total. The summed E-state index contributed by atoms with van der Waals surface area (Å²) in [4.78, 5) is 2.40. The van der Waals surface area contributed by atoms with Crippen LogP contribution in [0.25, 0.3) is 0 Å². The number of benzene rings is 1. The molecule has 1 aromatic rings. The van der Waals surface area contributed by atoms with E-state index in [0.29, 0.717) is 12.6 Å². The van der Waals surface area contributed by atoms with Crippen molar-refractivity contribution in [2.24, 2.45) is 11.7 Å². The Balaban J connectivity index is 2.05. The van der Waals surface area contributed by atoms with Crippen molar-refractivity contribution in [3.63, 3.8) is 0 Å². The molecule has 2 rings (SSSR count). The summed E-state index contributed by atoms with van der Waals surface area (Å²) in [6.45, 7) is 7.05. The minimum absolute atomic E-state index is 0.301. The second-order valence-corrected chi connectivity index (χ2v) is 5.10. The maximum absolute atomic E-state index is 6.14. The van der Waals surface area contributed by atoms with E-state index < -0.39 is 0 Å². The Morgan fingerprint density at radius 1 is 1.22 bits per heavy atom. The third kappa shape index (κ3) is 3.16. The van der Waals surface area contributed by atoms with E-state index in [4.69, 9.17) is 10.5 Å². The van der Waals surface area contributed by atoms with Crippen molar-refractivity contribution in [3.05, 3.63) is 24.3 Å². The van der Waals surface area contributed by atoms with Crippen molar-refractivity contribution in [1.82, 2.24) is 0 Å². The molecular formula is C15H24N2O. The van der Waals surface area contributed by atoms with Crippen LogP contribution in [0.5, 0.6) is 5.75 Å². The smallest absolute Gasteiger partial charge is 0.119 e. The molecule has 0 spiro atoms. The van der Waals surface area contributed by atoms with Gasteiger partial charge < -0.3 is 15.4 Å². The normalized spacial score (nSPS) is 24.1. The Labute approximate surface area is 110 Å². The Bertz CT molecular complexity index is 363. The van der Waals surface area contributed by atoms with Gasteiger partial charge in [0.1, 0.15) is 5.75 Å². The zero-order valence-corrected chi connectivity index (χ0v) is 11.4.